The third kappa shape index (κ3) is 5.32. The lowest BCUT2D eigenvalue weighted by Gasteiger charge is -2.19. The van der Waals surface area contributed by atoms with Crippen LogP contribution in [0.3, 0.4) is 0 Å². The fraction of sp³-hybridized carbons (Fsp3) is 0.909. The number of nitrogens with one attached hydrogen (secondary N) is 1. The lowest BCUT2D eigenvalue weighted by molar-refractivity contribution is 0.277. The average Bonchev–Trinajstić information content (AvgIpc) is 3.12. The van der Waals surface area contributed by atoms with Crippen molar-refractivity contribution >= 4 is 5.84 Å². The summed E-state index contributed by atoms with van der Waals surface area (Å²) in [4.78, 5) is 2.52. The molecular weight excluding hydrogens is 204 g/mol. The first kappa shape index (κ1) is 13.3. The quantitative estimate of drug-likeness (QED) is 0.177. The van der Waals surface area contributed by atoms with Gasteiger partial charge in [-0.3, -0.25) is 4.90 Å². The molecule has 0 radical (unpaired) electrons. The number of amidine groups is 1. The predicted octanol–water partition coefficient (Wildman–Crippen LogP) is 0.587. The van der Waals surface area contributed by atoms with Gasteiger partial charge < -0.3 is 16.3 Å². The van der Waals surface area contributed by atoms with Crippen LogP contribution in [-0.2, 0) is 0 Å². The largest absolute Gasteiger partial charge is 0.409 e. The van der Waals surface area contributed by atoms with E-state index in [0.717, 1.165) is 38.6 Å². The Morgan fingerprint density at radius 1 is 1.50 bits per heavy atom. The Balaban J connectivity index is 1.91. The molecule has 1 rings (SSSR count). The number of nitrogens with two attached hydrogens (primary N) is 1. The van der Waals surface area contributed by atoms with Gasteiger partial charge in [-0.05, 0) is 32.4 Å². The summed E-state index contributed by atoms with van der Waals surface area (Å²) in [6.07, 6.45) is 4.32. The lowest BCUT2D eigenvalue weighted by atomic mass is 10.3. The van der Waals surface area contributed by atoms with Gasteiger partial charge in [0.05, 0.1) is 0 Å². The molecule has 0 aromatic rings. The van der Waals surface area contributed by atoms with E-state index in [9.17, 15) is 0 Å². The van der Waals surface area contributed by atoms with Crippen molar-refractivity contribution in [2.24, 2.45) is 10.9 Å². The molecule has 0 aliphatic heterocycles. The van der Waals surface area contributed by atoms with Crippen LogP contribution in [0.2, 0.25) is 0 Å². The van der Waals surface area contributed by atoms with Crippen LogP contribution in [-0.4, -0.2) is 48.2 Å². The maximum atomic E-state index is 8.35. The summed E-state index contributed by atoms with van der Waals surface area (Å²) in [6, 6.07) is 0.851. The normalized spacial score (nSPS) is 17.0. The van der Waals surface area contributed by atoms with Crippen molar-refractivity contribution in [3.05, 3.63) is 0 Å². The van der Waals surface area contributed by atoms with Crippen LogP contribution < -0.4 is 11.1 Å². The van der Waals surface area contributed by atoms with E-state index in [-0.39, 0.29) is 0 Å². The van der Waals surface area contributed by atoms with E-state index in [1.165, 1.54) is 12.8 Å². The number of hydrogen-bond acceptors (Lipinski definition) is 4. The number of likely N-dealkylation sites (N-methyl/N-ethyl adjacent to an activating group) is 1. The maximum Gasteiger partial charge on any atom is 0.139 e. The topological polar surface area (TPSA) is 73.9 Å². The molecule has 1 fully saturated rings. The maximum absolute atomic E-state index is 8.35. The molecule has 0 bridgehead atoms. The molecule has 0 saturated heterocycles. The Labute approximate surface area is 97.7 Å². The average molecular weight is 228 g/mol. The fourth-order valence-electron chi connectivity index (χ4n) is 1.83. The minimum Gasteiger partial charge on any atom is -0.409 e. The smallest absolute Gasteiger partial charge is 0.139 e. The summed E-state index contributed by atoms with van der Waals surface area (Å²) in [5.74, 6) is 0.315. The standard InChI is InChI=1S/C11H24N4O/c1-2-15(10-5-6-10)9-8-13-7-3-4-11(12)14-16/h10,13,16H,2-9H2,1H3,(H2,12,14). The van der Waals surface area contributed by atoms with E-state index < -0.39 is 0 Å². The van der Waals surface area contributed by atoms with Gasteiger partial charge in [0, 0.05) is 25.6 Å². The number of rotatable bonds is 9. The van der Waals surface area contributed by atoms with E-state index in [4.69, 9.17) is 10.9 Å². The lowest BCUT2D eigenvalue weighted by Crippen LogP contribution is -2.34. The Morgan fingerprint density at radius 3 is 2.81 bits per heavy atom. The molecule has 0 atom stereocenters. The van der Waals surface area contributed by atoms with Crippen LogP contribution in [0.5, 0.6) is 0 Å². The first-order valence-corrected chi connectivity index (χ1v) is 6.19. The Morgan fingerprint density at radius 2 is 2.25 bits per heavy atom. The van der Waals surface area contributed by atoms with E-state index in [1.807, 2.05) is 0 Å². The molecule has 0 unspecified atom stereocenters. The van der Waals surface area contributed by atoms with Gasteiger partial charge in [-0.25, -0.2) is 0 Å². The third-order valence-electron chi connectivity index (χ3n) is 2.96. The van der Waals surface area contributed by atoms with Crippen molar-refractivity contribution in [3.8, 4) is 0 Å². The highest BCUT2D eigenvalue weighted by Gasteiger charge is 2.26. The first-order chi connectivity index (χ1) is 7.77. The highest BCUT2D eigenvalue weighted by Crippen LogP contribution is 2.25. The summed E-state index contributed by atoms with van der Waals surface area (Å²) in [7, 11) is 0. The molecule has 0 amide bonds. The van der Waals surface area contributed by atoms with Gasteiger partial charge in [-0.2, -0.15) is 0 Å². The van der Waals surface area contributed by atoms with Crippen molar-refractivity contribution < 1.29 is 5.21 Å². The zero-order valence-corrected chi connectivity index (χ0v) is 10.2. The molecule has 0 aromatic heterocycles. The first-order valence-electron chi connectivity index (χ1n) is 6.19. The zero-order valence-electron chi connectivity index (χ0n) is 10.2. The third-order valence-corrected chi connectivity index (χ3v) is 2.96. The molecular formula is C11H24N4O. The Bertz CT molecular complexity index is 216. The second-order valence-electron chi connectivity index (χ2n) is 4.30. The van der Waals surface area contributed by atoms with Gasteiger partial charge in [-0.15, -0.1) is 0 Å². The zero-order chi connectivity index (χ0) is 11.8. The van der Waals surface area contributed by atoms with Crippen LogP contribution in [0.15, 0.2) is 5.16 Å². The van der Waals surface area contributed by atoms with Crippen molar-refractivity contribution in [3.63, 3.8) is 0 Å². The number of oxime groups is 1. The second-order valence-corrected chi connectivity index (χ2v) is 4.30. The van der Waals surface area contributed by atoms with E-state index >= 15 is 0 Å². The fourth-order valence-corrected chi connectivity index (χ4v) is 1.83. The van der Waals surface area contributed by atoms with Crippen molar-refractivity contribution in [2.75, 3.05) is 26.2 Å². The van der Waals surface area contributed by atoms with Crippen molar-refractivity contribution in [1.29, 1.82) is 0 Å². The molecule has 94 valence electrons. The van der Waals surface area contributed by atoms with Gasteiger partial charge in [0.25, 0.3) is 0 Å². The van der Waals surface area contributed by atoms with Gasteiger partial charge in [0.2, 0.25) is 0 Å². The summed E-state index contributed by atoms with van der Waals surface area (Å²) in [5, 5.41) is 14.7. The van der Waals surface area contributed by atoms with Gasteiger partial charge >= 0.3 is 0 Å². The van der Waals surface area contributed by atoms with E-state index in [0.29, 0.717) is 12.3 Å². The molecule has 1 aliphatic rings. The van der Waals surface area contributed by atoms with Crippen molar-refractivity contribution in [2.45, 2.75) is 38.6 Å². The van der Waals surface area contributed by atoms with Crippen LogP contribution in [0.25, 0.3) is 0 Å². The minimum absolute atomic E-state index is 0.315. The molecule has 5 nitrogen and oxygen atoms in total. The van der Waals surface area contributed by atoms with Gasteiger partial charge in [-0.1, -0.05) is 12.1 Å². The monoisotopic (exact) mass is 228 g/mol. The molecule has 0 heterocycles. The molecule has 5 heteroatoms. The molecule has 1 saturated carbocycles. The van der Waals surface area contributed by atoms with Gasteiger partial charge in [0.1, 0.15) is 5.84 Å². The summed E-state index contributed by atoms with van der Waals surface area (Å²) in [6.45, 7) is 6.46. The Hall–Kier alpha value is -0.810. The van der Waals surface area contributed by atoms with Crippen LogP contribution >= 0.6 is 0 Å². The molecule has 1 aliphatic carbocycles. The highest BCUT2D eigenvalue weighted by atomic mass is 16.4. The molecule has 4 N–H and O–H groups in total. The van der Waals surface area contributed by atoms with Crippen molar-refractivity contribution in [1.82, 2.24) is 10.2 Å². The van der Waals surface area contributed by atoms with Crippen LogP contribution in [0, 0.1) is 0 Å². The van der Waals surface area contributed by atoms with Crippen LogP contribution in [0.1, 0.15) is 32.6 Å². The SMILES string of the molecule is CCN(CCNCCCC(N)=NO)C1CC1. The summed E-state index contributed by atoms with van der Waals surface area (Å²) in [5.41, 5.74) is 5.37. The minimum atomic E-state index is 0.315. The molecule has 0 spiro atoms. The van der Waals surface area contributed by atoms with E-state index in [1.54, 1.807) is 0 Å². The molecule has 16 heavy (non-hydrogen) atoms. The summed E-state index contributed by atoms with van der Waals surface area (Å²) >= 11 is 0. The summed E-state index contributed by atoms with van der Waals surface area (Å²) < 4.78 is 0. The number of hydrogen-bond donors (Lipinski definition) is 3. The molecule has 0 aromatic carbocycles. The second kappa shape index (κ2) is 7.46. The van der Waals surface area contributed by atoms with Crippen LogP contribution in [0.4, 0.5) is 0 Å². The Kier molecular flexibility index (Phi) is 6.18. The van der Waals surface area contributed by atoms with E-state index in [2.05, 4.69) is 22.3 Å². The number of nitrogens with zero attached hydrogens (tertiary/aromatic N) is 2. The predicted molar refractivity (Wildman–Crippen MR) is 65.8 cm³/mol. The van der Waals surface area contributed by atoms with Gasteiger partial charge in [0.15, 0.2) is 0 Å². The highest BCUT2D eigenvalue weighted by molar-refractivity contribution is 5.79.